The molecular weight excluding hydrogens is 544 g/mol. The van der Waals surface area contributed by atoms with E-state index in [4.69, 9.17) is 17.2 Å². The molecule has 3 aromatic heterocycles. The summed E-state index contributed by atoms with van der Waals surface area (Å²) in [5, 5.41) is 3.29. The monoisotopic (exact) mass is 574 g/mol. The standard InChI is InChI=1S/C29H30N6O3S2/c1-5-6-10-15-30-25-21(26(36)33-17-18(2)13-14-23(33)31-25)16-22-27(37)34(29(39)40-22)24-19(3)32(4)35(28(24)38)20-11-8-7-9-12-20/h7-9,11-14,16-17,30H,5-6,10,15H2,1-4H3/b22-16+. The predicted octanol–water partition coefficient (Wildman–Crippen LogP) is 4.81. The summed E-state index contributed by atoms with van der Waals surface area (Å²) in [7, 11) is 1.76. The van der Waals surface area contributed by atoms with Crippen LogP contribution in [0.3, 0.4) is 0 Å². The molecule has 0 saturated carbocycles. The molecule has 1 amide bonds. The molecule has 1 aliphatic rings. The number of benzene rings is 1. The molecule has 0 bridgehead atoms. The summed E-state index contributed by atoms with van der Waals surface area (Å²) in [4.78, 5) is 47.2. The first kappa shape index (κ1) is 27.6. The molecule has 9 nitrogen and oxygen atoms in total. The number of nitrogens with zero attached hydrogens (tertiary/aromatic N) is 5. The lowest BCUT2D eigenvalue weighted by atomic mass is 10.2. The van der Waals surface area contributed by atoms with Crippen LogP contribution in [0.2, 0.25) is 0 Å². The van der Waals surface area contributed by atoms with Gasteiger partial charge in [-0.3, -0.25) is 28.4 Å². The summed E-state index contributed by atoms with van der Waals surface area (Å²) in [6.45, 7) is 6.45. The number of pyridine rings is 1. The van der Waals surface area contributed by atoms with Crippen LogP contribution in [0.15, 0.2) is 63.2 Å². The number of rotatable bonds is 8. The van der Waals surface area contributed by atoms with Crippen LogP contribution in [0.1, 0.15) is 43.0 Å². The maximum atomic E-state index is 13.8. The van der Waals surface area contributed by atoms with Gasteiger partial charge in [0.15, 0.2) is 4.32 Å². The van der Waals surface area contributed by atoms with Gasteiger partial charge in [0.25, 0.3) is 17.0 Å². The summed E-state index contributed by atoms with van der Waals surface area (Å²) in [5.41, 5.74) is 2.50. The molecule has 0 spiro atoms. The van der Waals surface area contributed by atoms with Crippen LogP contribution in [-0.4, -0.2) is 35.5 Å². The number of carbonyl (C=O) groups is 1. The quantitative estimate of drug-likeness (QED) is 0.183. The smallest absolute Gasteiger partial charge is 0.296 e. The van der Waals surface area contributed by atoms with Crippen molar-refractivity contribution in [2.24, 2.45) is 7.05 Å². The fraction of sp³-hybridized carbons (Fsp3) is 0.276. The SMILES string of the molecule is CCCCCNc1nc2ccc(C)cn2c(=O)c1/C=C1/SC(=S)N(c2c(C)n(C)n(-c3ccccc3)c2=O)C1=O. The summed E-state index contributed by atoms with van der Waals surface area (Å²) in [6, 6.07) is 12.9. The minimum atomic E-state index is -0.452. The van der Waals surface area contributed by atoms with E-state index in [0.717, 1.165) is 36.6 Å². The van der Waals surface area contributed by atoms with Gasteiger partial charge >= 0.3 is 0 Å². The second-order valence-electron chi connectivity index (χ2n) is 9.68. The maximum absolute atomic E-state index is 13.8. The van der Waals surface area contributed by atoms with Gasteiger partial charge in [-0.05, 0) is 50.1 Å². The first-order valence-corrected chi connectivity index (χ1v) is 14.3. The molecule has 0 unspecified atom stereocenters. The van der Waals surface area contributed by atoms with Crippen molar-refractivity contribution >= 4 is 57.4 Å². The number of para-hydroxylation sites is 1. The third-order valence-corrected chi connectivity index (χ3v) is 8.20. The topological polar surface area (TPSA) is 93.6 Å². The second-order valence-corrected chi connectivity index (χ2v) is 11.4. The minimum Gasteiger partial charge on any atom is -0.369 e. The highest BCUT2D eigenvalue weighted by atomic mass is 32.2. The Morgan fingerprint density at radius 1 is 1.02 bits per heavy atom. The number of fused-ring (bicyclic) bond motifs is 1. The van der Waals surface area contributed by atoms with Crippen molar-refractivity contribution in [2.45, 2.75) is 40.0 Å². The molecule has 5 rings (SSSR count). The fourth-order valence-electron chi connectivity index (χ4n) is 4.71. The van der Waals surface area contributed by atoms with Gasteiger partial charge in [-0.1, -0.05) is 68.0 Å². The molecular formula is C29H30N6O3S2. The van der Waals surface area contributed by atoms with E-state index in [1.54, 1.807) is 37.0 Å². The first-order valence-electron chi connectivity index (χ1n) is 13.1. The van der Waals surface area contributed by atoms with Crippen molar-refractivity contribution < 1.29 is 4.79 Å². The highest BCUT2D eigenvalue weighted by molar-refractivity contribution is 8.27. The Bertz CT molecular complexity index is 1790. The van der Waals surface area contributed by atoms with Crippen LogP contribution in [0.25, 0.3) is 17.4 Å². The molecule has 1 N–H and O–H groups in total. The van der Waals surface area contributed by atoms with Gasteiger partial charge in [0, 0.05) is 19.8 Å². The van der Waals surface area contributed by atoms with E-state index in [1.165, 1.54) is 14.0 Å². The zero-order valence-corrected chi connectivity index (χ0v) is 24.4. The number of hydrogen-bond acceptors (Lipinski definition) is 7. The van der Waals surface area contributed by atoms with Crippen molar-refractivity contribution in [3.05, 3.63) is 91.1 Å². The Balaban J connectivity index is 1.59. The van der Waals surface area contributed by atoms with Crippen LogP contribution < -0.4 is 21.3 Å². The van der Waals surface area contributed by atoms with Crippen LogP contribution in [-0.2, 0) is 11.8 Å². The summed E-state index contributed by atoms with van der Waals surface area (Å²) < 4.78 is 4.92. The van der Waals surface area contributed by atoms with E-state index >= 15 is 0 Å². The highest BCUT2D eigenvalue weighted by Gasteiger charge is 2.38. The number of unbranched alkanes of at least 4 members (excludes halogenated alkanes) is 2. The number of aromatic nitrogens is 4. The van der Waals surface area contributed by atoms with E-state index < -0.39 is 5.91 Å². The molecule has 206 valence electrons. The van der Waals surface area contributed by atoms with E-state index in [1.807, 2.05) is 43.3 Å². The average molecular weight is 575 g/mol. The Hall–Kier alpha value is -3.96. The van der Waals surface area contributed by atoms with Crippen LogP contribution in [0.5, 0.6) is 0 Å². The van der Waals surface area contributed by atoms with E-state index in [2.05, 4.69) is 12.2 Å². The number of anilines is 2. The molecule has 0 aliphatic carbocycles. The van der Waals surface area contributed by atoms with Gasteiger partial charge in [-0.15, -0.1) is 0 Å². The minimum absolute atomic E-state index is 0.194. The van der Waals surface area contributed by atoms with Crippen molar-refractivity contribution in [3.63, 3.8) is 0 Å². The highest BCUT2D eigenvalue weighted by Crippen LogP contribution is 2.36. The summed E-state index contributed by atoms with van der Waals surface area (Å²) in [5.74, 6) is -0.0377. The molecule has 4 aromatic rings. The molecule has 1 saturated heterocycles. The molecule has 1 aromatic carbocycles. The molecule has 4 heterocycles. The number of carbonyl (C=O) groups excluding carboxylic acids is 1. The Labute approximate surface area is 241 Å². The van der Waals surface area contributed by atoms with Crippen molar-refractivity contribution in [3.8, 4) is 5.69 Å². The maximum Gasteiger partial charge on any atom is 0.296 e. The van der Waals surface area contributed by atoms with Gasteiger partial charge < -0.3 is 5.32 Å². The number of thiocarbonyl (C=S) groups is 1. The number of aryl methyl sites for hydroxylation is 1. The first-order chi connectivity index (χ1) is 19.2. The average Bonchev–Trinajstić information content (AvgIpc) is 3.33. The van der Waals surface area contributed by atoms with Crippen molar-refractivity contribution in [1.29, 1.82) is 0 Å². The van der Waals surface area contributed by atoms with Gasteiger partial charge in [0.1, 0.15) is 17.2 Å². The molecule has 1 aliphatic heterocycles. The zero-order chi connectivity index (χ0) is 28.6. The van der Waals surface area contributed by atoms with Crippen LogP contribution in [0, 0.1) is 13.8 Å². The van der Waals surface area contributed by atoms with Gasteiger partial charge in [-0.25, -0.2) is 9.67 Å². The lowest BCUT2D eigenvalue weighted by Crippen LogP contribution is -2.33. The third kappa shape index (κ3) is 4.90. The zero-order valence-electron chi connectivity index (χ0n) is 22.8. The van der Waals surface area contributed by atoms with E-state index in [9.17, 15) is 14.4 Å². The number of nitrogens with one attached hydrogen (secondary N) is 1. The number of amides is 1. The van der Waals surface area contributed by atoms with E-state index in [-0.39, 0.29) is 31.6 Å². The van der Waals surface area contributed by atoms with Gasteiger partial charge in [0.2, 0.25) is 0 Å². The second kappa shape index (κ2) is 11.3. The van der Waals surface area contributed by atoms with Crippen LogP contribution in [0.4, 0.5) is 11.5 Å². The Kier molecular flexibility index (Phi) is 7.77. The van der Waals surface area contributed by atoms with Crippen molar-refractivity contribution in [2.75, 3.05) is 16.8 Å². The molecule has 1 fully saturated rings. The molecule has 0 radical (unpaired) electrons. The normalized spacial score (nSPS) is 14.6. The van der Waals surface area contributed by atoms with E-state index in [0.29, 0.717) is 29.4 Å². The largest absolute Gasteiger partial charge is 0.369 e. The molecule has 11 heteroatoms. The molecule has 0 atom stereocenters. The summed E-state index contributed by atoms with van der Waals surface area (Å²) >= 11 is 6.66. The summed E-state index contributed by atoms with van der Waals surface area (Å²) in [6.07, 6.45) is 6.31. The third-order valence-electron chi connectivity index (χ3n) is 6.89. The Morgan fingerprint density at radius 2 is 1.77 bits per heavy atom. The lowest BCUT2D eigenvalue weighted by Gasteiger charge is -2.13. The fourth-order valence-corrected chi connectivity index (χ4v) is 5.96. The van der Waals surface area contributed by atoms with Gasteiger partial charge in [0.05, 0.1) is 21.8 Å². The van der Waals surface area contributed by atoms with Crippen LogP contribution >= 0.6 is 24.0 Å². The molecule has 40 heavy (non-hydrogen) atoms. The lowest BCUT2D eigenvalue weighted by molar-refractivity contribution is -0.113. The van der Waals surface area contributed by atoms with Crippen molar-refractivity contribution in [1.82, 2.24) is 18.7 Å². The predicted molar refractivity (Wildman–Crippen MR) is 166 cm³/mol. The Morgan fingerprint density at radius 3 is 2.50 bits per heavy atom. The number of thioether (sulfide) groups is 1. The number of hydrogen-bond donors (Lipinski definition) is 1. The van der Waals surface area contributed by atoms with Gasteiger partial charge in [-0.2, -0.15) is 0 Å².